The SMILES string of the molecule is C#CC12CC3CC(C)(C1)CC(C14CC5(C)CC(C)(CC(C#C)(C5)C1)C4)(C3)C2. The molecule has 0 aromatic rings. The summed E-state index contributed by atoms with van der Waals surface area (Å²) in [6, 6.07) is 0. The van der Waals surface area contributed by atoms with Crippen LogP contribution in [0.3, 0.4) is 0 Å². The van der Waals surface area contributed by atoms with Gasteiger partial charge in [-0.15, -0.1) is 12.8 Å². The zero-order valence-corrected chi connectivity index (χ0v) is 17.7. The van der Waals surface area contributed by atoms with Gasteiger partial charge >= 0.3 is 0 Å². The van der Waals surface area contributed by atoms with Crippen molar-refractivity contribution < 1.29 is 0 Å². The molecule has 0 heteroatoms. The molecule has 8 fully saturated rings. The Kier molecular flexibility index (Phi) is 2.73. The van der Waals surface area contributed by atoms with Gasteiger partial charge < -0.3 is 0 Å². The van der Waals surface area contributed by atoms with E-state index >= 15 is 0 Å². The van der Waals surface area contributed by atoms with E-state index in [1.165, 1.54) is 77.0 Å². The molecule has 0 amide bonds. The van der Waals surface area contributed by atoms with E-state index in [9.17, 15) is 0 Å². The molecule has 8 rings (SSSR count). The van der Waals surface area contributed by atoms with Crippen LogP contribution < -0.4 is 0 Å². The van der Waals surface area contributed by atoms with Crippen molar-refractivity contribution in [3.8, 4) is 24.7 Å². The molecule has 6 unspecified atom stereocenters. The maximum Gasteiger partial charge on any atom is 0.0328 e. The van der Waals surface area contributed by atoms with E-state index in [1.807, 2.05) is 0 Å². The Bertz CT molecular complexity index is 800. The zero-order chi connectivity index (χ0) is 19.0. The van der Waals surface area contributed by atoms with Crippen LogP contribution in [0, 0.1) is 68.5 Å². The van der Waals surface area contributed by atoms with Crippen molar-refractivity contribution in [2.24, 2.45) is 43.8 Å². The van der Waals surface area contributed by atoms with Crippen LogP contribution in [0.4, 0.5) is 0 Å². The summed E-state index contributed by atoms with van der Waals surface area (Å²) >= 11 is 0. The Morgan fingerprint density at radius 3 is 1.70 bits per heavy atom. The summed E-state index contributed by atoms with van der Waals surface area (Å²) in [6.45, 7) is 7.75. The van der Waals surface area contributed by atoms with Crippen LogP contribution in [0.1, 0.15) is 97.8 Å². The maximum absolute atomic E-state index is 6.29. The second-order valence-corrected chi connectivity index (χ2v) is 13.9. The molecule has 0 N–H and O–H groups in total. The van der Waals surface area contributed by atoms with Crippen LogP contribution in [0.15, 0.2) is 0 Å². The average molecular weight is 361 g/mol. The minimum absolute atomic E-state index is 0.172. The third-order valence-corrected chi connectivity index (χ3v) is 10.7. The van der Waals surface area contributed by atoms with Crippen molar-refractivity contribution in [1.82, 2.24) is 0 Å². The Morgan fingerprint density at radius 2 is 1.11 bits per heavy atom. The predicted molar refractivity (Wildman–Crippen MR) is 111 cm³/mol. The standard InChI is InChI=1S/C27H36/c1-6-24-9-20-8-21(3,12-24)15-26(10-20,18-24)27-16-22(4)11-23(5,17-27)14-25(7-2,13-22)19-27/h1-2,20H,8-19H2,3-5H3. The topological polar surface area (TPSA) is 0 Å². The molecule has 0 aromatic heterocycles. The summed E-state index contributed by atoms with van der Waals surface area (Å²) in [6.07, 6.45) is 28.9. The van der Waals surface area contributed by atoms with Crippen molar-refractivity contribution in [3.63, 3.8) is 0 Å². The normalized spacial score (nSPS) is 65.1. The van der Waals surface area contributed by atoms with E-state index in [0.717, 1.165) is 5.92 Å². The van der Waals surface area contributed by atoms with E-state index < -0.39 is 0 Å². The first-order chi connectivity index (χ1) is 12.5. The molecule has 0 nitrogen and oxygen atoms in total. The van der Waals surface area contributed by atoms with Gasteiger partial charge in [-0.05, 0) is 110 Å². The van der Waals surface area contributed by atoms with Gasteiger partial charge in [-0.2, -0.15) is 0 Å². The minimum atomic E-state index is 0.172. The lowest BCUT2D eigenvalue weighted by atomic mass is 9.26. The van der Waals surface area contributed by atoms with Crippen molar-refractivity contribution in [3.05, 3.63) is 0 Å². The van der Waals surface area contributed by atoms with Crippen LogP contribution in [0.25, 0.3) is 0 Å². The average Bonchev–Trinajstić information content (AvgIpc) is 2.49. The van der Waals surface area contributed by atoms with Gasteiger partial charge in [0.2, 0.25) is 0 Å². The third kappa shape index (κ3) is 1.94. The lowest BCUT2D eigenvalue weighted by molar-refractivity contribution is -0.269. The molecule has 0 saturated heterocycles. The summed E-state index contributed by atoms with van der Waals surface area (Å²) in [5.41, 5.74) is 2.71. The highest BCUT2D eigenvalue weighted by Gasteiger charge is 2.74. The maximum atomic E-state index is 6.29. The van der Waals surface area contributed by atoms with Crippen molar-refractivity contribution in [1.29, 1.82) is 0 Å². The highest BCUT2D eigenvalue weighted by atomic mass is 14.8. The molecule has 6 atom stereocenters. The van der Waals surface area contributed by atoms with Crippen LogP contribution in [-0.2, 0) is 0 Å². The van der Waals surface area contributed by atoms with Crippen molar-refractivity contribution in [2.45, 2.75) is 97.8 Å². The Labute approximate surface area is 166 Å². The van der Waals surface area contributed by atoms with Gasteiger partial charge in [0.15, 0.2) is 0 Å². The van der Waals surface area contributed by atoms with Gasteiger partial charge in [0.05, 0.1) is 0 Å². The summed E-state index contributed by atoms with van der Waals surface area (Å²) < 4.78 is 0. The summed E-state index contributed by atoms with van der Waals surface area (Å²) in [5, 5.41) is 0. The van der Waals surface area contributed by atoms with Crippen molar-refractivity contribution >= 4 is 0 Å². The second kappa shape index (κ2) is 4.33. The largest absolute Gasteiger partial charge is 0.120 e. The van der Waals surface area contributed by atoms with E-state index in [2.05, 4.69) is 32.6 Å². The molecule has 144 valence electrons. The zero-order valence-electron chi connectivity index (χ0n) is 17.7. The first kappa shape index (κ1) is 17.0. The molecular formula is C27H36. The van der Waals surface area contributed by atoms with E-state index in [0.29, 0.717) is 27.1 Å². The molecule has 0 radical (unpaired) electrons. The molecule has 0 aliphatic heterocycles. The van der Waals surface area contributed by atoms with E-state index in [1.54, 1.807) is 0 Å². The molecule has 8 aliphatic rings. The quantitative estimate of drug-likeness (QED) is 0.462. The van der Waals surface area contributed by atoms with E-state index in [4.69, 9.17) is 12.8 Å². The van der Waals surface area contributed by atoms with Crippen LogP contribution in [-0.4, -0.2) is 0 Å². The molecule has 8 aliphatic carbocycles. The smallest absolute Gasteiger partial charge is 0.0328 e. The fraction of sp³-hybridized carbons (Fsp3) is 0.852. The van der Waals surface area contributed by atoms with Crippen molar-refractivity contribution in [2.75, 3.05) is 0 Å². The molecule has 0 aromatic carbocycles. The highest BCUT2D eigenvalue weighted by Crippen LogP contribution is 2.83. The Balaban J connectivity index is 1.53. The van der Waals surface area contributed by atoms with Gasteiger partial charge in [-0.1, -0.05) is 32.6 Å². The van der Waals surface area contributed by atoms with Gasteiger partial charge in [-0.3, -0.25) is 0 Å². The number of hydrogen-bond acceptors (Lipinski definition) is 0. The Hall–Kier alpha value is -0.880. The molecule has 0 spiro atoms. The molecule has 8 saturated carbocycles. The summed E-state index contributed by atoms with van der Waals surface area (Å²) in [5.74, 6) is 7.68. The molecule has 27 heavy (non-hydrogen) atoms. The third-order valence-electron chi connectivity index (χ3n) is 10.7. The van der Waals surface area contributed by atoms with Gasteiger partial charge in [0, 0.05) is 10.8 Å². The Morgan fingerprint density at radius 1 is 0.556 bits per heavy atom. The predicted octanol–water partition coefficient (Wildman–Crippen LogP) is 6.60. The second-order valence-electron chi connectivity index (χ2n) is 13.9. The van der Waals surface area contributed by atoms with Crippen LogP contribution in [0.5, 0.6) is 0 Å². The fourth-order valence-electron chi connectivity index (χ4n) is 12.1. The van der Waals surface area contributed by atoms with E-state index in [-0.39, 0.29) is 10.8 Å². The summed E-state index contributed by atoms with van der Waals surface area (Å²) in [4.78, 5) is 0. The number of terminal acetylenes is 2. The first-order valence-corrected chi connectivity index (χ1v) is 11.5. The van der Waals surface area contributed by atoms with Crippen LogP contribution >= 0.6 is 0 Å². The lowest BCUT2D eigenvalue weighted by Gasteiger charge is -2.77. The minimum Gasteiger partial charge on any atom is -0.120 e. The van der Waals surface area contributed by atoms with Gasteiger partial charge in [-0.25, -0.2) is 0 Å². The number of rotatable bonds is 1. The monoisotopic (exact) mass is 360 g/mol. The lowest BCUT2D eigenvalue weighted by Crippen LogP contribution is -2.68. The molecule has 8 bridgehead atoms. The van der Waals surface area contributed by atoms with Gasteiger partial charge in [0.1, 0.15) is 0 Å². The fourth-order valence-corrected chi connectivity index (χ4v) is 12.1. The van der Waals surface area contributed by atoms with Gasteiger partial charge in [0.25, 0.3) is 0 Å². The first-order valence-electron chi connectivity index (χ1n) is 11.5. The molecule has 0 heterocycles. The summed E-state index contributed by atoms with van der Waals surface area (Å²) in [7, 11) is 0. The molecular weight excluding hydrogens is 324 g/mol. The highest BCUT2D eigenvalue weighted by molar-refractivity contribution is 5.30. The van der Waals surface area contributed by atoms with Crippen LogP contribution in [0.2, 0.25) is 0 Å². The number of hydrogen-bond donors (Lipinski definition) is 0.